The molecule has 0 aliphatic rings. The highest BCUT2D eigenvalue weighted by Crippen LogP contribution is 2.11. The third kappa shape index (κ3) is 6.84. The van der Waals surface area contributed by atoms with Gasteiger partial charge < -0.3 is 10.1 Å². The molecule has 2 rings (SSSR count). The minimum Gasteiger partial charge on any atom is -0.456 e. The average Bonchev–Trinajstić information content (AvgIpc) is 2.65. The molecule has 0 atom stereocenters. The summed E-state index contributed by atoms with van der Waals surface area (Å²) in [5.41, 5.74) is 2.57. The van der Waals surface area contributed by atoms with Gasteiger partial charge >= 0.3 is 5.97 Å². The summed E-state index contributed by atoms with van der Waals surface area (Å²) in [5, 5.41) is 7.68. The van der Waals surface area contributed by atoms with Crippen molar-refractivity contribution >= 4 is 27.6 Å². The molecule has 0 heterocycles. The van der Waals surface area contributed by atoms with Crippen LogP contribution in [-0.2, 0) is 37.2 Å². The molecule has 7 nitrogen and oxygen atoms in total. The number of esters is 1. The van der Waals surface area contributed by atoms with Crippen molar-refractivity contribution in [2.75, 3.05) is 11.9 Å². The number of nitrogens with one attached hydrogen (secondary N) is 1. The van der Waals surface area contributed by atoms with E-state index in [1.54, 1.807) is 24.3 Å². The fourth-order valence-corrected chi connectivity index (χ4v) is 2.85. The Labute approximate surface area is 158 Å². The average molecular weight is 390 g/mol. The van der Waals surface area contributed by atoms with Gasteiger partial charge in [-0.15, -0.1) is 0 Å². The maximum absolute atomic E-state index is 11.8. The molecule has 0 aliphatic carbocycles. The van der Waals surface area contributed by atoms with Gasteiger partial charge in [-0.2, -0.15) is 0 Å². The van der Waals surface area contributed by atoms with Crippen molar-refractivity contribution in [3.05, 3.63) is 59.7 Å². The van der Waals surface area contributed by atoms with Crippen molar-refractivity contribution in [3.8, 4) is 0 Å². The van der Waals surface area contributed by atoms with Crippen molar-refractivity contribution in [1.29, 1.82) is 0 Å². The molecule has 27 heavy (non-hydrogen) atoms. The Balaban J connectivity index is 1.74. The van der Waals surface area contributed by atoms with Crippen LogP contribution in [0.5, 0.6) is 0 Å². The summed E-state index contributed by atoms with van der Waals surface area (Å²) in [5.74, 6) is -0.924. The second-order valence-electron chi connectivity index (χ2n) is 5.95. The summed E-state index contributed by atoms with van der Waals surface area (Å²) < 4.78 is 27.3. The number of hydrogen-bond donors (Lipinski definition) is 2. The van der Waals surface area contributed by atoms with Crippen LogP contribution < -0.4 is 10.5 Å². The first-order valence-electron chi connectivity index (χ1n) is 8.44. The standard InChI is InChI=1S/C19H22N2O5S/c1-2-14-3-8-16(9-4-14)21-18(22)13-26-19(23)12-7-15-5-10-17(11-6-15)27(20,24)25/h3-6,8-11H,2,7,12-13H2,1H3,(H,21,22)(H2,20,24,25). The Kier molecular flexibility index (Phi) is 7.09. The predicted octanol–water partition coefficient (Wildman–Crippen LogP) is 2.01. The third-order valence-electron chi connectivity index (χ3n) is 3.88. The van der Waals surface area contributed by atoms with E-state index in [0.29, 0.717) is 12.1 Å². The molecule has 0 saturated carbocycles. The highest BCUT2D eigenvalue weighted by Gasteiger charge is 2.10. The van der Waals surface area contributed by atoms with Gasteiger partial charge in [0.15, 0.2) is 6.61 Å². The van der Waals surface area contributed by atoms with Gasteiger partial charge in [-0.25, -0.2) is 13.6 Å². The minimum atomic E-state index is -3.73. The molecule has 144 valence electrons. The zero-order valence-corrected chi connectivity index (χ0v) is 15.8. The lowest BCUT2D eigenvalue weighted by Crippen LogP contribution is -2.21. The topological polar surface area (TPSA) is 116 Å². The van der Waals surface area contributed by atoms with Crippen molar-refractivity contribution in [2.45, 2.75) is 31.1 Å². The smallest absolute Gasteiger partial charge is 0.306 e. The van der Waals surface area contributed by atoms with Crippen LogP contribution in [0, 0.1) is 0 Å². The van der Waals surface area contributed by atoms with E-state index in [1.807, 2.05) is 19.1 Å². The van der Waals surface area contributed by atoms with E-state index < -0.39 is 21.9 Å². The maximum Gasteiger partial charge on any atom is 0.306 e. The van der Waals surface area contributed by atoms with Crippen LogP contribution in [0.3, 0.4) is 0 Å². The molecule has 2 aromatic carbocycles. The molecule has 0 aliphatic heterocycles. The predicted molar refractivity (Wildman–Crippen MR) is 102 cm³/mol. The van der Waals surface area contributed by atoms with Crippen molar-refractivity contribution < 1.29 is 22.7 Å². The Bertz CT molecular complexity index is 891. The molecule has 0 spiro atoms. The highest BCUT2D eigenvalue weighted by atomic mass is 32.2. The fourth-order valence-electron chi connectivity index (χ4n) is 2.33. The molecule has 0 saturated heterocycles. The normalized spacial score (nSPS) is 11.0. The molecule has 0 aromatic heterocycles. The van der Waals surface area contributed by atoms with Crippen molar-refractivity contribution in [3.63, 3.8) is 0 Å². The number of amides is 1. The van der Waals surface area contributed by atoms with Gasteiger partial charge in [-0.3, -0.25) is 9.59 Å². The fraction of sp³-hybridized carbons (Fsp3) is 0.263. The van der Waals surface area contributed by atoms with Gasteiger partial charge in [-0.1, -0.05) is 31.2 Å². The first-order valence-corrected chi connectivity index (χ1v) is 9.98. The van der Waals surface area contributed by atoms with Crippen LogP contribution in [0.15, 0.2) is 53.4 Å². The van der Waals surface area contributed by atoms with Gasteiger partial charge in [0.25, 0.3) is 5.91 Å². The number of aryl methyl sites for hydroxylation is 2. The summed E-state index contributed by atoms with van der Waals surface area (Å²) in [6.07, 6.45) is 1.35. The van der Waals surface area contributed by atoms with Crippen LogP contribution in [0.4, 0.5) is 5.69 Å². The molecular weight excluding hydrogens is 368 g/mol. The highest BCUT2D eigenvalue weighted by molar-refractivity contribution is 7.89. The van der Waals surface area contributed by atoms with E-state index in [2.05, 4.69) is 5.32 Å². The number of hydrogen-bond acceptors (Lipinski definition) is 5. The quantitative estimate of drug-likeness (QED) is 0.669. The molecule has 0 unspecified atom stereocenters. The van der Waals surface area contributed by atoms with E-state index in [0.717, 1.165) is 17.5 Å². The van der Waals surface area contributed by atoms with Gasteiger partial charge in [0.05, 0.1) is 4.90 Å². The molecule has 3 N–H and O–H groups in total. The van der Waals surface area contributed by atoms with E-state index in [9.17, 15) is 18.0 Å². The minimum absolute atomic E-state index is 0.0115. The number of rotatable bonds is 8. The number of anilines is 1. The Morgan fingerprint density at radius 2 is 1.59 bits per heavy atom. The second kappa shape index (κ2) is 9.29. The number of ether oxygens (including phenoxy) is 1. The largest absolute Gasteiger partial charge is 0.456 e. The SMILES string of the molecule is CCc1ccc(NC(=O)COC(=O)CCc2ccc(S(N)(=O)=O)cc2)cc1. The molecule has 0 radical (unpaired) electrons. The van der Waals surface area contributed by atoms with Gasteiger partial charge in [-0.05, 0) is 48.2 Å². The zero-order chi connectivity index (χ0) is 19.9. The number of carbonyl (C=O) groups excluding carboxylic acids is 2. The van der Waals surface area contributed by atoms with Gasteiger partial charge in [0.2, 0.25) is 10.0 Å². The monoisotopic (exact) mass is 390 g/mol. The molecular formula is C19H22N2O5S. The number of nitrogens with two attached hydrogens (primary N) is 1. The number of sulfonamides is 1. The Morgan fingerprint density at radius 1 is 1.00 bits per heavy atom. The van der Waals surface area contributed by atoms with Crippen LogP contribution in [-0.4, -0.2) is 26.9 Å². The van der Waals surface area contributed by atoms with Gasteiger partial charge in [0.1, 0.15) is 0 Å². The maximum atomic E-state index is 11.8. The summed E-state index contributed by atoms with van der Waals surface area (Å²) in [7, 11) is -3.73. The Morgan fingerprint density at radius 3 is 2.15 bits per heavy atom. The summed E-state index contributed by atoms with van der Waals surface area (Å²) >= 11 is 0. The molecule has 0 bridgehead atoms. The van der Waals surface area contributed by atoms with Crippen LogP contribution in [0.25, 0.3) is 0 Å². The van der Waals surface area contributed by atoms with Crippen molar-refractivity contribution in [2.24, 2.45) is 5.14 Å². The van der Waals surface area contributed by atoms with E-state index >= 15 is 0 Å². The molecule has 8 heteroatoms. The summed E-state index contributed by atoms with van der Waals surface area (Å²) in [6.45, 7) is 1.68. The number of benzene rings is 2. The molecule has 1 amide bonds. The summed E-state index contributed by atoms with van der Waals surface area (Å²) in [4.78, 5) is 23.6. The lowest BCUT2D eigenvalue weighted by molar-refractivity contribution is -0.147. The second-order valence-corrected chi connectivity index (χ2v) is 7.51. The van der Waals surface area contributed by atoms with E-state index in [4.69, 9.17) is 9.88 Å². The summed E-state index contributed by atoms with van der Waals surface area (Å²) in [6, 6.07) is 13.4. The molecule has 0 fully saturated rings. The van der Waals surface area contributed by atoms with Crippen LogP contribution in [0.2, 0.25) is 0 Å². The lowest BCUT2D eigenvalue weighted by Gasteiger charge is -2.07. The first-order chi connectivity index (χ1) is 12.8. The first kappa shape index (κ1) is 20.6. The van der Waals surface area contributed by atoms with E-state index in [1.165, 1.54) is 12.1 Å². The van der Waals surface area contributed by atoms with Crippen molar-refractivity contribution in [1.82, 2.24) is 0 Å². The van der Waals surface area contributed by atoms with Crippen LogP contribution >= 0.6 is 0 Å². The van der Waals surface area contributed by atoms with Crippen LogP contribution in [0.1, 0.15) is 24.5 Å². The molecule has 2 aromatic rings. The van der Waals surface area contributed by atoms with Gasteiger partial charge in [0, 0.05) is 12.1 Å². The number of carbonyl (C=O) groups is 2. The lowest BCUT2D eigenvalue weighted by atomic mass is 10.1. The third-order valence-corrected chi connectivity index (χ3v) is 4.81. The zero-order valence-electron chi connectivity index (χ0n) is 15.0. The van der Waals surface area contributed by atoms with E-state index in [-0.39, 0.29) is 17.9 Å². The number of primary sulfonamides is 1. The Hall–Kier alpha value is -2.71.